The number of methoxy groups -OCH3 is 2. The summed E-state index contributed by atoms with van der Waals surface area (Å²) in [5, 5.41) is 47.0. The molecule has 8 N–H and O–H groups in total. The van der Waals surface area contributed by atoms with Crippen LogP contribution in [0.25, 0.3) is 0 Å². The molecule has 8 atom stereocenters. The van der Waals surface area contributed by atoms with E-state index in [0.29, 0.717) is 169 Å². The fourth-order valence-electron chi connectivity index (χ4n) is 12.3. The maximum absolute atomic E-state index is 12.4. The first-order valence-electron chi connectivity index (χ1n) is 47.6. The van der Waals surface area contributed by atoms with Gasteiger partial charge in [-0.25, -0.2) is 4.68 Å². The van der Waals surface area contributed by atoms with E-state index in [0.717, 1.165) is 114 Å². The summed E-state index contributed by atoms with van der Waals surface area (Å²) in [6.07, 6.45) is 19.1. The Hall–Kier alpha value is -3.62. The monoisotopic (exact) mass is 1780 g/mol. The lowest BCUT2D eigenvalue weighted by Gasteiger charge is -2.39. The number of hydrogen-bond acceptors (Lipinski definition) is 27. The van der Waals surface area contributed by atoms with Gasteiger partial charge in [0.1, 0.15) is 36.8 Å². The molecule has 0 aromatic carbocycles. The number of amides is 3. The van der Waals surface area contributed by atoms with E-state index in [1.165, 1.54) is 97.6 Å². The molecule has 31 heteroatoms. The van der Waals surface area contributed by atoms with Gasteiger partial charge in [-0.1, -0.05) is 134 Å². The van der Waals surface area contributed by atoms with Gasteiger partial charge in [0.2, 0.25) is 17.7 Å². The highest BCUT2D eigenvalue weighted by Crippen LogP contribution is 2.24. The molecule has 3 heterocycles. The standard InChI is InChI=1S/C41H81N3O14.C18H33N3O5.C15H32N2O.C10H23N.C9H20N2/c1-36(2)11-13-44-41(47)37(3)34-39(45)38(42)10-6-7-12-43-40(46)35-58-33-32-57-31-30-56-29-28-55-27-26-54-25-24-53-23-22-52-21-20-51-19-18-50-17-16-49-15-9-5-8-14-48-4;1-12(2)8-6-4-5-7-9-13-10-21(20-19-13)11-14-15(22)16(23)17(24)18(25-3)26-14;1-13(2)10-12-17(6)15(18)14(3)9-7-8-11-16(4)5;1-5-6-8-11(4)9-7-10(2)3;1-8(2)4-5-11(3)9-6-10-7-9/h36-38H,5-35,42H2,1-4H3,(H,43,46)(H,44,47);10,12,14-18,22-24H,4-9,11H2,1-3H3;13-14H,7-12H2,1-6H3;10H,5-9H2,1-4H3;8-10H,4-7H2,1-3H3. The minimum Gasteiger partial charge on any atom is -0.388 e. The second kappa shape index (κ2) is 84.9. The lowest BCUT2D eigenvalue weighted by atomic mass is 9.97. The van der Waals surface area contributed by atoms with Gasteiger partial charge in [0.15, 0.2) is 6.29 Å². The van der Waals surface area contributed by atoms with Crippen molar-refractivity contribution in [2.45, 2.75) is 281 Å². The van der Waals surface area contributed by atoms with Crippen LogP contribution in [0.15, 0.2) is 6.20 Å². The number of nitrogens with one attached hydrogen (secondary N) is 3. The van der Waals surface area contributed by atoms with Crippen LogP contribution in [0, 0.1) is 41.4 Å². The fourth-order valence-corrected chi connectivity index (χ4v) is 12.3. The van der Waals surface area contributed by atoms with Crippen molar-refractivity contribution in [2.75, 3.05) is 247 Å². The van der Waals surface area contributed by atoms with Crippen molar-refractivity contribution in [3.63, 3.8) is 0 Å². The molecule has 3 rings (SSSR count). The van der Waals surface area contributed by atoms with Crippen LogP contribution in [0.1, 0.15) is 231 Å². The van der Waals surface area contributed by atoms with Crippen molar-refractivity contribution in [3.8, 4) is 0 Å². The molecule has 0 radical (unpaired) electrons. The van der Waals surface area contributed by atoms with Crippen molar-refractivity contribution >= 4 is 23.5 Å². The Morgan fingerprint density at radius 1 is 0.500 bits per heavy atom. The normalized spacial score (nSPS) is 16.7. The number of aromatic nitrogens is 3. The number of rotatable bonds is 76. The zero-order valence-electron chi connectivity index (χ0n) is 82.1. The predicted molar refractivity (Wildman–Crippen MR) is 495 cm³/mol. The van der Waals surface area contributed by atoms with E-state index in [1.54, 1.807) is 18.7 Å². The Balaban J connectivity index is 0. The van der Waals surface area contributed by atoms with Gasteiger partial charge in [-0.15, -0.1) is 5.10 Å². The number of unbranched alkanes of at least 4 members (excludes halogenated alkanes) is 8. The molecule has 736 valence electrons. The third kappa shape index (κ3) is 76.1. The van der Waals surface area contributed by atoms with Crippen LogP contribution in [0.3, 0.4) is 0 Å². The molecule has 0 saturated carbocycles. The summed E-state index contributed by atoms with van der Waals surface area (Å²) in [6, 6.07) is 0.205. The number of ketones is 1. The average Bonchev–Trinajstić information content (AvgIpc) is 1.36. The van der Waals surface area contributed by atoms with Gasteiger partial charge in [-0.3, -0.25) is 19.2 Å². The highest BCUT2D eigenvalue weighted by atomic mass is 16.7. The van der Waals surface area contributed by atoms with Crippen LogP contribution < -0.4 is 21.7 Å². The first-order valence-corrected chi connectivity index (χ1v) is 47.6. The number of Topliss-reactive ketones (excluding diaryl/α,β-unsaturated/α-hetero) is 1. The Kier molecular flexibility index (Phi) is 83.8. The van der Waals surface area contributed by atoms with E-state index in [2.05, 4.69) is 152 Å². The van der Waals surface area contributed by atoms with Gasteiger partial charge in [0, 0.05) is 97.7 Å². The van der Waals surface area contributed by atoms with Crippen LogP contribution in [0.5, 0.6) is 0 Å². The van der Waals surface area contributed by atoms with Crippen LogP contribution in [0.2, 0.25) is 0 Å². The maximum Gasteiger partial charge on any atom is 0.245 e. The molecule has 1 aromatic rings. The zero-order valence-corrected chi connectivity index (χ0v) is 82.1. The van der Waals surface area contributed by atoms with Crippen molar-refractivity contribution in [2.24, 2.45) is 47.2 Å². The fraction of sp³-hybridized carbons (Fsp3) is 0.935. The SMILES string of the molecule is CC(C)CCN(C)C(=O)C(C)CCCCN(C)C.CC(C)CCN(C)C1CNC1.CCCCN(C)CCC(C)C.COC1OC(Cn2cc(CCCCCCC(C)C)nn2)C(O)C(O)C1O.COCCCCCOCCOCCOCCOCCOCCOCCOCCOCCOCCOCC(=O)NCCCCC(N)C(=O)CC(C)C(=O)NCCC(C)C. The first-order chi connectivity index (χ1) is 59.4. The van der Waals surface area contributed by atoms with Crippen LogP contribution in [0.4, 0.5) is 0 Å². The number of aryl methyl sites for hydroxylation is 1. The molecule has 1 aromatic heterocycles. The Bertz CT molecular complexity index is 2530. The number of carbonyl (C=O) groups excluding carboxylic acids is 4. The number of aliphatic hydroxyl groups excluding tert-OH is 3. The molecule has 2 aliphatic rings. The Labute approximate surface area is 753 Å². The summed E-state index contributed by atoms with van der Waals surface area (Å²) in [4.78, 5) is 57.6. The highest BCUT2D eigenvalue weighted by molar-refractivity contribution is 5.89. The van der Waals surface area contributed by atoms with E-state index in [9.17, 15) is 34.5 Å². The largest absolute Gasteiger partial charge is 0.388 e. The number of likely N-dealkylation sites (N-methyl/N-ethyl adjacent to an activating group) is 1. The number of ether oxygens (including phenoxy) is 13. The minimum absolute atomic E-state index is 0.0548. The third-order valence-corrected chi connectivity index (χ3v) is 20.9. The van der Waals surface area contributed by atoms with Gasteiger partial charge < -0.3 is 118 Å². The smallest absolute Gasteiger partial charge is 0.245 e. The molecule has 2 saturated heterocycles. The number of hydrogen-bond donors (Lipinski definition) is 7. The van der Waals surface area contributed by atoms with Gasteiger partial charge >= 0.3 is 0 Å². The molecule has 0 spiro atoms. The molecular weight excluding hydrogens is 1590 g/mol. The molecule has 8 unspecified atom stereocenters. The third-order valence-electron chi connectivity index (χ3n) is 20.9. The second-order valence-corrected chi connectivity index (χ2v) is 35.6. The number of carbonyl (C=O) groups is 4. The van der Waals surface area contributed by atoms with Gasteiger partial charge in [-0.2, -0.15) is 0 Å². The predicted octanol–water partition coefficient (Wildman–Crippen LogP) is 9.78. The van der Waals surface area contributed by atoms with Crippen LogP contribution >= 0.6 is 0 Å². The molecular formula is C93H189N11O20. The summed E-state index contributed by atoms with van der Waals surface area (Å²) >= 11 is 0. The van der Waals surface area contributed by atoms with Crippen molar-refractivity contribution in [1.29, 1.82) is 0 Å². The van der Waals surface area contributed by atoms with E-state index < -0.39 is 42.7 Å². The van der Waals surface area contributed by atoms with Crippen LogP contribution in [-0.4, -0.2) is 363 Å². The van der Waals surface area contributed by atoms with Gasteiger partial charge in [-0.05, 0) is 180 Å². The summed E-state index contributed by atoms with van der Waals surface area (Å²) in [5.41, 5.74) is 6.94. The van der Waals surface area contributed by atoms with Crippen molar-refractivity contribution < 1.29 is 96.1 Å². The lowest BCUT2D eigenvalue weighted by Crippen LogP contribution is -2.58. The van der Waals surface area contributed by atoms with E-state index in [-0.39, 0.29) is 43.1 Å². The molecule has 124 heavy (non-hydrogen) atoms. The van der Waals surface area contributed by atoms with E-state index >= 15 is 0 Å². The van der Waals surface area contributed by atoms with Crippen LogP contribution in [-0.2, 0) is 93.7 Å². The zero-order chi connectivity index (χ0) is 92.8. The Morgan fingerprint density at radius 3 is 1.47 bits per heavy atom. The first kappa shape index (κ1) is 122. The quantitative estimate of drug-likeness (QED) is 0.0298. The lowest BCUT2D eigenvalue weighted by molar-refractivity contribution is -0.292. The van der Waals surface area contributed by atoms with Crippen molar-refractivity contribution in [3.05, 3.63) is 11.9 Å². The molecule has 31 nitrogen and oxygen atoms in total. The second-order valence-electron chi connectivity index (χ2n) is 35.6. The minimum atomic E-state index is -1.33. The number of aliphatic hydroxyl groups is 3. The molecule has 3 amide bonds. The van der Waals surface area contributed by atoms with Crippen molar-refractivity contribution in [1.82, 2.24) is 50.5 Å². The molecule has 2 aliphatic heterocycles. The van der Waals surface area contributed by atoms with E-state index in [4.69, 9.17) is 67.3 Å². The maximum atomic E-state index is 12.4. The molecule has 0 aliphatic carbocycles. The summed E-state index contributed by atoms with van der Waals surface area (Å²) in [7, 11) is 13.7. The summed E-state index contributed by atoms with van der Waals surface area (Å²) in [6.45, 7) is 47.8. The Morgan fingerprint density at radius 2 is 0.976 bits per heavy atom. The van der Waals surface area contributed by atoms with E-state index in [1.807, 2.05) is 18.1 Å². The number of nitrogens with two attached hydrogens (primary N) is 1. The van der Waals surface area contributed by atoms with Gasteiger partial charge in [0.05, 0.1) is 137 Å². The average molecular weight is 1780 g/mol. The molecule has 2 fully saturated rings. The summed E-state index contributed by atoms with van der Waals surface area (Å²) < 4.78 is 71.9. The van der Waals surface area contributed by atoms with Gasteiger partial charge in [0.25, 0.3) is 0 Å². The molecule has 0 bridgehead atoms. The topological polar surface area (TPSA) is 355 Å². The number of nitrogens with zero attached hydrogens (tertiary/aromatic N) is 7. The highest BCUT2D eigenvalue weighted by Gasteiger charge is 2.44. The summed E-state index contributed by atoms with van der Waals surface area (Å²) in [5.74, 6) is 3.25.